The molecule has 0 saturated carbocycles. The van der Waals surface area contributed by atoms with Crippen LogP contribution in [0.25, 0.3) is 0 Å². The SMILES string of the molecule is O=S1(=O)C(Cc2ccccc2)Cc2ccccc2N1O. The molecule has 1 atom stereocenters. The van der Waals surface area contributed by atoms with Crippen LogP contribution >= 0.6 is 0 Å². The summed E-state index contributed by atoms with van der Waals surface area (Å²) in [5.41, 5.74) is 2.16. The molecule has 1 unspecified atom stereocenters. The fourth-order valence-electron chi connectivity index (χ4n) is 2.55. The minimum absolute atomic E-state index is 0.358. The van der Waals surface area contributed by atoms with Gasteiger partial charge in [-0.25, -0.2) is 8.42 Å². The molecular formula is C15H15NO3S. The van der Waals surface area contributed by atoms with E-state index in [4.69, 9.17) is 0 Å². The zero-order chi connectivity index (χ0) is 14.2. The van der Waals surface area contributed by atoms with E-state index < -0.39 is 15.3 Å². The highest BCUT2D eigenvalue weighted by Gasteiger charge is 2.37. The first-order valence-electron chi connectivity index (χ1n) is 6.44. The van der Waals surface area contributed by atoms with Crippen LogP contribution in [0.3, 0.4) is 0 Å². The van der Waals surface area contributed by atoms with E-state index in [-0.39, 0.29) is 0 Å². The van der Waals surface area contributed by atoms with Gasteiger partial charge in [0.05, 0.1) is 10.9 Å². The van der Waals surface area contributed by atoms with Gasteiger partial charge in [-0.3, -0.25) is 5.21 Å². The van der Waals surface area contributed by atoms with Gasteiger partial charge in [0.1, 0.15) is 0 Å². The van der Waals surface area contributed by atoms with E-state index in [1.807, 2.05) is 42.5 Å². The van der Waals surface area contributed by atoms with Gasteiger partial charge in [-0.2, -0.15) is 0 Å². The van der Waals surface area contributed by atoms with Gasteiger partial charge in [0.15, 0.2) is 0 Å². The first kappa shape index (κ1) is 13.1. The van der Waals surface area contributed by atoms with Crippen molar-refractivity contribution >= 4 is 15.7 Å². The van der Waals surface area contributed by atoms with Crippen LogP contribution in [-0.2, 0) is 22.9 Å². The Labute approximate surface area is 118 Å². The van der Waals surface area contributed by atoms with Crippen LogP contribution in [-0.4, -0.2) is 18.9 Å². The summed E-state index contributed by atoms with van der Waals surface area (Å²) in [6.45, 7) is 0. The Morgan fingerprint density at radius 2 is 1.70 bits per heavy atom. The number of nitrogens with zero attached hydrogens (tertiary/aromatic N) is 1. The number of benzene rings is 2. The van der Waals surface area contributed by atoms with Crippen LogP contribution in [0.15, 0.2) is 54.6 Å². The molecule has 1 N–H and O–H groups in total. The summed E-state index contributed by atoms with van der Waals surface area (Å²) in [4.78, 5) is 0. The van der Waals surface area contributed by atoms with E-state index in [1.165, 1.54) is 0 Å². The minimum atomic E-state index is -3.72. The molecule has 2 aromatic carbocycles. The van der Waals surface area contributed by atoms with E-state index >= 15 is 0 Å². The number of sulfonamides is 1. The lowest BCUT2D eigenvalue weighted by Crippen LogP contribution is -2.43. The Balaban J connectivity index is 1.97. The first-order chi connectivity index (χ1) is 9.59. The van der Waals surface area contributed by atoms with Crippen molar-refractivity contribution in [3.8, 4) is 0 Å². The van der Waals surface area contributed by atoms with E-state index in [0.29, 0.717) is 23.0 Å². The van der Waals surface area contributed by atoms with Crippen molar-refractivity contribution in [2.75, 3.05) is 4.47 Å². The molecule has 1 heterocycles. The lowest BCUT2D eigenvalue weighted by Gasteiger charge is -2.31. The fourth-order valence-corrected chi connectivity index (χ4v) is 4.08. The van der Waals surface area contributed by atoms with E-state index in [9.17, 15) is 13.6 Å². The number of rotatable bonds is 2. The van der Waals surface area contributed by atoms with Crippen molar-refractivity contribution in [2.45, 2.75) is 18.1 Å². The molecule has 5 heteroatoms. The number of hydrogen-bond acceptors (Lipinski definition) is 3. The summed E-state index contributed by atoms with van der Waals surface area (Å²) in [6.07, 6.45) is 0.818. The second-order valence-electron chi connectivity index (χ2n) is 4.93. The quantitative estimate of drug-likeness (QED) is 0.923. The third-order valence-corrected chi connectivity index (χ3v) is 5.47. The molecule has 0 aliphatic carbocycles. The van der Waals surface area contributed by atoms with Crippen LogP contribution in [0.2, 0.25) is 0 Å². The Hall–Kier alpha value is -1.85. The molecule has 20 heavy (non-hydrogen) atoms. The summed E-state index contributed by atoms with van der Waals surface area (Å²) >= 11 is 0. The maximum atomic E-state index is 12.4. The van der Waals surface area contributed by atoms with Crippen LogP contribution < -0.4 is 4.47 Å². The van der Waals surface area contributed by atoms with Crippen molar-refractivity contribution in [2.24, 2.45) is 0 Å². The standard InChI is InChI=1S/C15H15NO3S/c17-16-15-9-5-4-8-13(15)11-14(20(16,18)19)10-12-6-2-1-3-7-12/h1-9,14,17H,10-11H2. The predicted octanol–water partition coefficient (Wildman–Crippen LogP) is 2.38. The molecule has 0 saturated heterocycles. The number of fused-ring (bicyclic) bond motifs is 1. The first-order valence-corrected chi connectivity index (χ1v) is 7.94. The van der Waals surface area contributed by atoms with Crippen molar-refractivity contribution in [1.82, 2.24) is 0 Å². The average molecular weight is 289 g/mol. The topological polar surface area (TPSA) is 57.6 Å². The van der Waals surface area contributed by atoms with E-state index in [1.54, 1.807) is 12.1 Å². The summed E-state index contributed by atoms with van der Waals surface area (Å²) in [6, 6.07) is 16.5. The van der Waals surface area contributed by atoms with E-state index in [0.717, 1.165) is 11.1 Å². The Morgan fingerprint density at radius 1 is 1.05 bits per heavy atom. The molecule has 0 bridgehead atoms. The highest BCUT2D eigenvalue weighted by Crippen LogP contribution is 2.32. The van der Waals surface area contributed by atoms with Gasteiger partial charge in [-0.1, -0.05) is 48.5 Å². The highest BCUT2D eigenvalue weighted by atomic mass is 32.2. The number of hydrogen-bond donors (Lipinski definition) is 1. The average Bonchev–Trinajstić information content (AvgIpc) is 2.46. The molecule has 1 aliphatic rings. The third kappa shape index (κ3) is 2.19. The summed E-state index contributed by atoms with van der Waals surface area (Å²) in [5.74, 6) is 0. The number of anilines is 1. The summed E-state index contributed by atoms with van der Waals surface area (Å²) < 4.78 is 25.1. The summed E-state index contributed by atoms with van der Waals surface area (Å²) in [7, 11) is -3.72. The summed E-state index contributed by atoms with van der Waals surface area (Å²) in [5, 5.41) is 9.35. The third-order valence-electron chi connectivity index (χ3n) is 3.61. The lowest BCUT2D eigenvalue weighted by molar-refractivity contribution is 0.309. The van der Waals surface area contributed by atoms with Crippen molar-refractivity contribution in [3.05, 3.63) is 65.7 Å². The van der Waals surface area contributed by atoms with Gasteiger partial charge in [-0.05, 0) is 30.0 Å². The monoisotopic (exact) mass is 289 g/mol. The molecule has 1 aliphatic heterocycles. The van der Waals surface area contributed by atoms with Crippen molar-refractivity contribution < 1.29 is 13.6 Å². The normalized spacial score (nSPS) is 20.4. The van der Waals surface area contributed by atoms with Crippen LogP contribution in [0.5, 0.6) is 0 Å². The smallest absolute Gasteiger partial charge is 0.260 e. The molecule has 0 radical (unpaired) electrons. The van der Waals surface area contributed by atoms with Crippen LogP contribution in [0.1, 0.15) is 11.1 Å². The maximum absolute atomic E-state index is 12.4. The Bertz CT molecular complexity index is 713. The molecule has 0 amide bonds. The zero-order valence-corrected chi connectivity index (χ0v) is 11.6. The lowest BCUT2D eigenvalue weighted by atomic mass is 10.0. The largest absolute Gasteiger partial charge is 0.274 e. The maximum Gasteiger partial charge on any atom is 0.260 e. The molecule has 0 spiro atoms. The molecule has 0 aromatic heterocycles. The fraction of sp³-hybridized carbons (Fsp3) is 0.200. The van der Waals surface area contributed by atoms with Gasteiger partial charge in [-0.15, -0.1) is 4.47 Å². The van der Waals surface area contributed by atoms with Crippen LogP contribution in [0, 0.1) is 0 Å². The Morgan fingerprint density at radius 3 is 2.45 bits per heavy atom. The van der Waals surface area contributed by atoms with Gasteiger partial charge < -0.3 is 0 Å². The van der Waals surface area contributed by atoms with Crippen LogP contribution in [0.4, 0.5) is 5.69 Å². The van der Waals surface area contributed by atoms with Gasteiger partial charge in [0.25, 0.3) is 10.0 Å². The van der Waals surface area contributed by atoms with E-state index in [2.05, 4.69) is 0 Å². The molecule has 0 fully saturated rings. The van der Waals surface area contributed by atoms with Gasteiger partial charge in [0.2, 0.25) is 0 Å². The second kappa shape index (κ2) is 4.92. The second-order valence-corrected chi connectivity index (χ2v) is 6.97. The van der Waals surface area contributed by atoms with Crippen molar-refractivity contribution in [3.63, 3.8) is 0 Å². The highest BCUT2D eigenvalue weighted by molar-refractivity contribution is 7.93. The Kier molecular flexibility index (Phi) is 3.23. The van der Waals surface area contributed by atoms with Gasteiger partial charge in [0, 0.05) is 0 Å². The molecule has 3 rings (SSSR count). The minimum Gasteiger partial charge on any atom is -0.274 e. The van der Waals surface area contributed by atoms with Crippen molar-refractivity contribution in [1.29, 1.82) is 0 Å². The number of para-hydroxylation sites is 1. The molecule has 4 nitrogen and oxygen atoms in total. The molecular weight excluding hydrogens is 274 g/mol. The molecule has 2 aromatic rings. The predicted molar refractivity (Wildman–Crippen MR) is 77.3 cm³/mol. The van der Waals surface area contributed by atoms with Gasteiger partial charge >= 0.3 is 0 Å². The molecule has 104 valence electrons. The zero-order valence-electron chi connectivity index (χ0n) is 10.8.